The highest BCUT2D eigenvalue weighted by atomic mass is 32.2. The first-order chi connectivity index (χ1) is 8.91. The summed E-state index contributed by atoms with van der Waals surface area (Å²) in [5.74, 6) is 0.825. The van der Waals surface area contributed by atoms with E-state index in [-0.39, 0.29) is 4.90 Å². The minimum Gasteiger partial charge on any atom is -0.354 e. The molecule has 1 aliphatic heterocycles. The van der Waals surface area contributed by atoms with Crippen molar-refractivity contribution in [1.29, 1.82) is 0 Å². The molecule has 0 unspecified atom stereocenters. The number of anilines is 1. The molecular formula is C12H20N4O2S. The van der Waals surface area contributed by atoms with Crippen LogP contribution in [0.5, 0.6) is 0 Å². The van der Waals surface area contributed by atoms with Gasteiger partial charge in [-0.1, -0.05) is 0 Å². The number of nitrogens with one attached hydrogen (secondary N) is 1. The lowest BCUT2D eigenvalue weighted by Crippen LogP contribution is -2.49. The van der Waals surface area contributed by atoms with E-state index in [0.717, 1.165) is 25.5 Å². The van der Waals surface area contributed by atoms with Crippen molar-refractivity contribution in [1.82, 2.24) is 14.6 Å². The number of piperazine rings is 1. The van der Waals surface area contributed by atoms with E-state index >= 15 is 0 Å². The normalized spacial score (nSPS) is 20.8. The minimum absolute atomic E-state index is 0.226. The van der Waals surface area contributed by atoms with Crippen molar-refractivity contribution < 1.29 is 8.42 Å². The van der Waals surface area contributed by atoms with E-state index in [1.807, 2.05) is 0 Å². The van der Waals surface area contributed by atoms with Crippen LogP contribution in [0, 0.1) is 0 Å². The summed E-state index contributed by atoms with van der Waals surface area (Å²) < 4.78 is 25.1. The third-order valence-electron chi connectivity index (χ3n) is 3.19. The van der Waals surface area contributed by atoms with Crippen molar-refractivity contribution in [3.05, 3.63) is 18.3 Å². The van der Waals surface area contributed by atoms with Crippen molar-refractivity contribution >= 4 is 15.8 Å². The Bertz CT molecular complexity index is 527. The number of aromatic nitrogens is 1. The molecule has 0 bridgehead atoms. The minimum atomic E-state index is -3.40. The molecule has 1 N–H and O–H groups in total. The van der Waals surface area contributed by atoms with Crippen LogP contribution >= 0.6 is 0 Å². The molecule has 1 atom stereocenters. The highest BCUT2D eigenvalue weighted by Crippen LogP contribution is 2.17. The fourth-order valence-electron chi connectivity index (χ4n) is 2.06. The quantitative estimate of drug-likeness (QED) is 0.855. The van der Waals surface area contributed by atoms with Gasteiger partial charge in [0.1, 0.15) is 10.7 Å². The maximum Gasteiger partial charge on any atom is 0.244 e. The van der Waals surface area contributed by atoms with Gasteiger partial charge >= 0.3 is 0 Å². The summed E-state index contributed by atoms with van der Waals surface area (Å²) in [6, 6.07) is 3.81. The SMILES string of the molecule is C[C@@H]1CN(c2ccc(S(=O)(=O)N(C)C)cn2)CCN1. The number of pyridine rings is 1. The van der Waals surface area contributed by atoms with E-state index < -0.39 is 10.0 Å². The lowest BCUT2D eigenvalue weighted by molar-refractivity contribution is 0.482. The zero-order valence-corrected chi connectivity index (χ0v) is 12.3. The maximum atomic E-state index is 11.9. The second-order valence-corrected chi connectivity index (χ2v) is 7.09. The van der Waals surface area contributed by atoms with Crippen LogP contribution in [0.1, 0.15) is 6.92 Å². The summed E-state index contributed by atoms with van der Waals surface area (Å²) in [7, 11) is -0.365. The number of sulfonamides is 1. The lowest BCUT2D eigenvalue weighted by Gasteiger charge is -2.32. The lowest BCUT2D eigenvalue weighted by atomic mass is 10.2. The molecule has 0 aromatic carbocycles. The Kier molecular flexibility index (Phi) is 4.07. The van der Waals surface area contributed by atoms with Gasteiger partial charge in [-0.05, 0) is 19.1 Å². The van der Waals surface area contributed by atoms with Gasteiger partial charge in [0.2, 0.25) is 10.0 Å². The summed E-state index contributed by atoms with van der Waals surface area (Å²) >= 11 is 0. The first-order valence-electron chi connectivity index (χ1n) is 6.28. The van der Waals surface area contributed by atoms with E-state index in [1.165, 1.54) is 24.6 Å². The fraction of sp³-hybridized carbons (Fsp3) is 0.583. The van der Waals surface area contributed by atoms with Gasteiger partial charge in [0, 0.05) is 46.0 Å². The van der Waals surface area contributed by atoms with Gasteiger partial charge in [0.15, 0.2) is 0 Å². The molecule has 0 amide bonds. The Hall–Kier alpha value is -1.18. The summed E-state index contributed by atoms with van der Waals surface area (Å²) in [5, 5.41) is 3.36. The van der Waals surface area contributed by atoms with Crippen molar-refractivity contribution in [3.63, 3.8) is 0 Å². The maximum absolute atomic E-state index is 11.9. The fourth-order valence-corrected chi connectivity index (χ4v) is 2.91. The van der Waals surface area contributed by atoms with E-state index in [2.05, 4.69) is 22.1 Å². The Morgan fingerprint density at radius 2 is 2.16 bits per heavy atom. The van der Waals surface area contributed by atoms with Crippen molar-refractivity contribution in [3.8, 4) is 0 Å². The summed E-state index contributed by atoms with van der Waals surface area (Å²) in [4.78, 5) is 6.66. The molecule has 6 nitrogen and oxygen atoms in total. The molecule has 1 aromatic heterocycles. The number of rotatable bonds is 3. The van der Waals surface area contributed by atoms with Gasteiger partial charge < -0.3 is 10.2 Å². The third kappa shape index (κ3) is 3.05. The van der Waals surface area contributed by atoms with Crippen LogP contribution in [-0.4, -0.2) is 57.5 Å². The molecule has 2 rings (SSSR count). The first kappa shape index (κ1) is 14.2. The van der Waals surface area contributed by atoms with E-state index in [9.17, 15) is 8.42 Å². The van der Waals surface area contributed by atoms with Crippen LogP contribution in [0.25, 0.3) is 0 Å². The summed E-state index contributed by atoms with van der Waals surface area (Å²) in [6.45, 7) is 4.81. The Morgan fingerprint density at radius 1 is 1.42 bits per heavy atom. The predicted octanol–water partition coefficient (Wildman–Crippen LogP) is 0.130. The molecule has 1 aliphatic rings. The van der Waals surface area contributed by atoms with Crippen LogP contribution in [0.3, 0.4) is 0 Å². The Balaban J connectivity index is 2.19. The van der Waals surface area contributed by atoms with Gasteiger partial charge in [-0.3, -0.25) is 0 Å². The van der Waals surface area contributed by atoms with Gasteiger partial charge in [0.05, 0.1) is 0 Å². The van der Waals surface area contributed by atoms with Crippen LogP contribution in [0.2, 0.25) is 0 Å². The van der Waals surface area contributed by atoms with E-state index in [0.29, 0.717) is 6.04 Å². The topological polar surface area (TPSA) is 65.5 Å². The zero-order valence-electron chi connectivity index (χ0n) is 11.5. The summed E-state index contributed by atoms with van der Waals surface area (Å²) in [6.07, 6.45) is 1.43. The standard InChI is InChI=1S/C12H20N4O2S/c1-10-9-16(7-6-13-10)12-5-4-11(8-14-12)19(17,18)15(2)3/h4-5,8,10,13H,6-7,9H2,1-3H3/t10-/m1/s1. The van der Waals surface area contributed by atoms with Crippen LogP contribution < -0.4 is 10.2 Å². The van der Waals surface area contributed by atoms with Crippen LogP contribution in [-0.2, 0) is 10.0 Å². The van der Waals surface area contributed by atoms with Crippen molar-refractivity contribution in [2.24, 2.45) is 0 Å². The van der Waals surface area contributed by atoms with Crippen molar-refractivity contribution in [2.75, 3.05) is 38.6 Å². The molecule has 1 fully saturated rings. The molecule has 0 saturated carbocycles. The number of hydrogen-bond acceptors (Lipinski definition) is 5. The molecule has 2 heterocycles. The highest BCUT2D eigenvalue weighted by molar-refractivity contribution is 7.89. The van der Waals surface area contributed by atoms with Gasteiger partial charge in [0.25, 0.3) is 0 Å². The monoisotopic (exact) mass is 284 g/mol. The molecule has 0 radical (unpaired) electrons. The second kappa shape index (κ2) is 5.44. The van der Waals surface area contributed by atoms with Gasteiger partial charge in [-0.15, -0.1) is 0 Å². The van der Waals surface area contributed by atoms with Crippen LogP contribution in [0.4, 0.5) is 5.82 Å². The summed E-state index contributed by atoms with van der Waals surface area (Å²) in [5.41, 5.74) is 0. The molecule has 1 aromatic rings. The second-order valence-electron chi connectivity index (χ2n) is 4.94. The number of hydrogen-bond donors (Lipinski definition) is 1. The first-order valence-corrected chi connectivity index (χ1v) is 7.72. The average Bonchev–Trinajstić information content (AvgIpc) is 2.38. The molecule has 1 saturated heterocycles. The van der Waals surface area contributed by atoms with E-state index in [4.69, 9.17) is 0 Å². The zero-order chi connectivity index (χ0) is 14.0. The molecule has 0 aliphatic carbocycles. The molecule has 7 heteroatoms. The predicted molar refractivity (Wildman–Crippen MR) is 74.8 cm³/mol. The largest absolute Gasteiger partial charge is 0.354 e. The van der Waals surface area contributed by atoms with Gasteiger partial charge in [-0.25, -0.2) is 17.7 Å². The van der Waals surface area contributed by atoms with Crippen molar-refractivity contribution in [2.45, 2.75) is 17.9 Å². The van der Waals surface area contributed by atoms with E-state index in [1.54, 1.807) is 12.1 Å². The third-order valence-corrected chi connectivity index (χ3v) is 4.99. The molecular weight excluding hydrogens is 264 g/mol. The molecule has 19 heavy (non-hydrogen) atoms. The molecule has 0 spiro atoms. The molecule has 106 valence electrons. The van der Waals surface area contributed by atoms with Crippen LogP contribution in [0.15, 0.2) is 23.2 Å². The highest BCUT2D eigenvalue weighted by Gasteiger charge is 2.20. The van der Waals surface area contributed by atoms with Gasteiger partial charge in [-0.2, -0.15) is 0 Å². The Labute approximate surface area is 114 Å². The average molecular weight is 284 g/mol. The number of nitrogens with zero attached hydrogens (tertiary/aromatic N) is 3. The smallest absolute Gasteiger partial charge is 0.244 e. The Morgan fingerprint density at radius 3 is 2.68 bits per heavy atom.